The Bertz CT molecular complexity index is 946. The highest BCUT2D eigenvalue weighted by Gasteiger charge is 2.23. The lowest BCUT2D eigenvalue weighted by Crippen LogP contribution is -2.33. The summed E-state index contributed by atoms with van der Waals surface area (Å²) < 4.78 is 13.3. The van der Waals surface area contributed by atoms with Gasteiger partial charge >= 0.3 is 0 Å². The maximum absolute atomic E-state index is 13.3. The predicted molar refractivity (Wildman–Crippen MR) is 95.0 cm³/mol. The largest absolute Gasteiger partial charge is 0.338 e. The molecule has 0 N–H and O–H groups in total. The van der Waals surface area contributed by atoms with Gasteiger partial charge in [0.05, 0.1) is 5.69 Å². The number of pyridine rings is 1. The molecule has 3 aromatic rings. The Balaban J connectivity index is 1.61. The number of benzene rings is 1. The van der Waals surface area contributed by atoms with Crippen molar-refractivity contribution in [1.82, 2.24) is 19.9 Å². The number of rotatable bonds is 2. The van der Waals surface area contributed by atoms with Gasteiger partial charge in [0, 0.05) is 54.2 Å². The zero-order valence-corrected chi connectivity index (χ0v) is 14.1. The van der Waals surface area contributed by atoms with E-state index >= 15 is 0 Å². The molecule has 0 bridgehead atoms. The highest BCUT2D eigenvalue weighted by molar-refractivity contribution is 5.94. The van der Waals surface area contributed by atoms with E-state index < -0.39 is 5.95 Å². The van der Waals surface area contributed by atoms with Crippen LogP contribution >= 0.6 is 0 Å². The lowest BCUT2D eigenvalue weighted by atomic mass is 10.0. The minimum Gasteiger partial charge on any atom is -0.338 e. The van der Waals surface area contributed by atoms with Crippen LogP contribution < -0.4 is 0 Å². The smallest absolute Gasteiger partial charge is 0.254 e. The summed E-state index contributed by atoms with van der Waals surface area (Å²) in [6, 6.07) is 12.7. The van der Waals surface area contributed by atoms with Crippen molar-refractivity contribution in [3.63, 3.8) is 0 Å². The first kappa shape index (κ1) is 16.3. The molecular formula is C20H17FN4O. The van der Waals surface area contributed by atoms with E-state index in [1.54, 1.807) is 17.3 Å². The van der Waals surface area contributed by atoms with Crippen LogP contribution in [0.1, 0.15) is 21.6 Å². The highest BCUT2D eigenvalue weighted by Crippen LogP contribution is 2.26. The summed E-state index contributed by atoms with van der Waals surface area (Å²) in [5.74, 6) is -0.834. The number of hydrogen-bond acceptors (Lipinski definition) is 4. The van der Waals surface area contributed by atoms with Crippen molar-refractivity contribution < 1.29 is 9.18 Å². The van der Waals surface area contributed by atoms with E-state index in [-0.39, 0.29) is 5.91 Å². The minimum atomic E-state index is -0.647. The van der Waals surface area contributed by atoms with Gasteiger partial charge in [-0.1, -0.05) is 30.3 Å². The molecule has 2 aromatic heterocycles. The third kappa shape index (κ3) is 3.18. The molecule has 26 heavy (non-hydrogen) atoms. The maximum Gasteiger partial charge on any atom is 0.254 e. The fourth-order valence-corrected chi connectivity index (χ4v) is 3.29. The Labute approximate surface area is 150 Å². The maximum atomic E-state index is 13.3. The molecule has 0 fully saturated rings. The van der Waals surface area contributed by atoms with Crippen LogP contribution in [-0.4, -0.2) is 38.8 Å². The Morgan fingerprint density at radius 2 is 1.81 bits per heavy atom. The topological polar surface area (TPSA) is 59.0 Å². The van der Waals surface area contributed by atoms with Gasteiger partial charge in [-0.15, -0.1) is 0 Å². The molecule has 0 aliphatic carbocycles. The molecule has 5 nitrogen and oxygen atoms in total. The molecule has 1 aliphatic rings. The zero-order valence-electron chi connectivity index (χ0n) is 14.1. The second-order valence-electron chi connectivity index (χ2n) is 6.17. The molecule has 1 aromatic carbocycles. The first-order chi connectivity index (χ1) is 12.7. The number of fused-ring (bicyclic) bond motifs is 1. The van der Waals surface area contributed by atoms with Crippen LogP contribution in [0.2, 0.25) is 0 Å². The molecule has 0 atom stereocenters. The van der Waals surface area contributed by atoms with Gasteiger partial charge in [0.25, 0.3) is 5.91 Å². The fraction of sp³-hybridized carbons (Fsp3) is 0.200. The van der Waals surface area contributed by atoms with E-state index in [2.05, 4.69) is 15.0 Å². The summed E-state index contributed by atoms with van der Waals surface area (Å²) in [6.45, 7) is 1.09. The number of halogens is 1. The Kier molecular flexibility index (Phi) is 4.39. The predicted octanol–water partition coefficient (Wildman–Crippen LogP) is 2.92. The SMILES string of the molecule is O=C(c1ccnc(F)c1)N1CCc2ncnc(-c3ccccc3)c2CC1. The monoisotopic (exact) mass is 348 g/mol. The summed E-state index contributed by atoms with van der Waals surface area (Å²) >= 11 is 0. The number of nitrogens with zero attached hydrogens (tertiary/aromatic N) is 4. The third-order valence-electron chi connectivity index (χ3n) is 4.59. The van der Waals surface area contributed by atoms with Gasteiger partial charge in [0.15, 0.2) is 0 Å². The number of carbonyl (C=O) groups excluding carboxylic acids is 1. The van der Waals surface area contributed by atoms with Crippen molar-refractivity contribution in [3.8, 4) is 11.3 Å². The van der Waals surface area contributed by atoms with E-state index in [4.69, 9.17) is 0 Å². The van der Waals surface area contributed by atoms with Gasteiger partial charge in [-0.3, -0.25) is 4.79 Å². The molecule has 0 saturated heterocycles. The van der Waals surface area contributed by atoms with Crippen LogP contribution in [0.3, 0.4) is 0 Å². The van der Waals surface area contributed by atoms with Crippen molar-refractivity contribution in [1.29, 1.82) is 0 Å². The van der Waals surface area contributed by atoms with Crippen molar-refractivity contribution in [2.75, 3.05) is 13.1 Å². The quantitative estimate of drug-likeness (QED) is 0.668. The van der Waals surface area contributed by atoms with Crippen LogP contribution in [0.5, 0.6) is 0 Å². The molecular weight excluding hydrogens is 331 g/mol. The standard InChI is InChI=1S/C20H17FN4O/c21-18-12-15(6-9-22-18)20(26)25-10-7-16-17(8-11-25)23-13-24-19(16)14-4-2-1-3-5-14/h1-6,9,12-13H,7-8,10-11H2. The third-order valence-corrected chi connectivity index (χ3v) is 4.59. The summed E-state index contributed by atoms with van der Waals surface area (Å²) in [4.78, 5) is 26.9. The van der Waals surface area contributed by atoms with Gasteiger partial charge in [0.1, 0.15) is 6.33 Å². The Hall–Kier alpha value is -3.15. The van der Waals surface area contributed by atoms with E-state index in [1.165, 1.54) is 12.3 Å². The summed E-state index contributed by atoms with van der Waals surface area (Å²) in [6.07, 6.45) is 4.21. The molecule has 0 saturated carbocycles. The first-order valence-corrected chi connectivity index (χ1v) is 8.51. The summed E-state index contributed by atoms with van der Waals surface area (Å²) in [5, 5.41) is 0. The molecule has 0 unspecified atom stereocenters. The normalized spacial score (nSPS) is 13.8. The molecule has 0 spiro atoms. The zero-order chi connectivity index (χ0) is 17.9. The first-order valence-electron chi connectivity index (χ1n) is 8.51. The molecule has 0 radical (unpaired) electrons. The van der Waals surface area contributed by atoms with Crippen LogP contribution in [-0.2, 0) is 12.8 Å². The molecule has 1 amide bonds. The molecule has 3 heterocycles. The molecule has 130 valence electrons. The molecule has 6 heteroatoms. The number of amides is 1. The van der Waals surface area contributed by atoms with Gasteiger partial charge in [-0.25, -0.2) is 15.0 Å². The van der Waals surface area contributed by atoms with Crippen LogP contribution in [0.25, 0.3) is 11.3 Å². The Morgan fingerprint density at radius 1 is 1.00 bits per heavy atom. The number of carbonyl (C=O) groups is 1. The lowest BCUT2D eigenvalue weighted by molar-refractivity contribution is 0.0762. The van der Waals surface area contributed by atoms with Gasteiger partial charge < -0.3 is 4.90 Å². The lowest BCUT2D eigenvalue weighted by Gasteiger charge is -2.20. The summed E-state index contributed by atoms with van der Waals surface area (Å²) in [7, 11) is 0. The summed E-state index contributed by atoms with van der Waals surface area (Å²) in [5.41, 5.74) is 4.32. The van der Waals surface area contributed by atoms with Crippen molar-refractivity contribution >= 4 is 5.91 Å². The fourth-order valence-electron chi connectivity index (χ4n) is 3.29. The van der Waals surface area contributed by atoms with Crippen molar-refractivity contribution in [3.05, 3.63) is 77.8 Å². The van der Waals surface area contributed by atoms with E-state index in [0.29, 0.717) is 31.5 Å². The van der Waals surface area contributed by atoms with Crippen molar-refractivity contribution in [2.45, 2.75) is 12.8 Å². The minimum absolute atomic E-state index is 0.187. The molecule has 4 rings (SSSR count). The Morgan fingerprint density at radius 3 is 2.62 bits per heavy atom. The molecule has 1 aliphatic heterocycles. The van der Waals surface area contributed by atoms with E-state index in [9.17, 15) is 9.18 Å². The van der Waals surface area contributed by atoms with Crippen LogP contribution in [0.4, 0.5) is 4.39 Å². The van der Waals surface area contributed by atoms with Gasteiger partial charge in [-0.05, 0) is 12.5 Å². The second-order valence-corrected chi connectivity index (χ2v) is 6.17. The average Bonchev–Trinajstić information content (AvgIpc) is 2.91. The van der Waals surface area contributed by atoms with E-state index in [1.807, 2.05) is 30.3 Å². The van der Waals surface area contributed by atoms with Crippen LogP contribution in [0, 0.1) is 5.95 Å². The number of hydrogen-bond donors (Lipinski definition) is 0. The second kappa shape index (κ2) is 7.00. The van der Waals surface area contributed by atoms with E-state index in [0.717, 1.165) is 22.5 Å². The average molecular weight is 348 g/mol. The van der Waals surface area contributed by atoms with Gasteiger partial charge in [0.2, 0.25) is 5.95 Å². The van der Waals surface area contributed by atoms with Crippen molar-refractivity contribution in [2.24, 2.45) is 0 Å². The number of aromatic nitrogens is 3. The van der Waals surface area contributed by atoms with Gasteiger partial charge in [-0.2, -0.15) is 4.39 Å². The highest BCUT2D eigenvalue weighted by atomic mass is 19.1. The van der Waals surface area contributed by atoms with Crippen LogP contribution in [0.15, 0.2) is 55.0 Å².